The van der Waals surface area contributed by atoms with Crippen LogP contribution in [0.15, 0.2) is 36.7 Å². The molecule has 0 aliphatic carbocycles. The molecule has 37 heavy (non-hydrogen) atoms. The zero-order valence-electron chi connectivity index (χ0n) is 21.4. The number of pyridine rings is 1. The summed E-state index contributed by atoms with van der Waals surface area (Å²) < 4.78 is 5.54. The first kappa shape index (κ1) is 25.1. The number of nitrogens with two attached hydrogens (primary N) is 1. The summed E-state index contributed by atoms with van der Waals surface area (Å²) in [6.45, 7) is 8.24. The van der Waals surface area contributed by atoms with Crippen molar-refractivity contribution in [2.45, 2.75) is 32.6 Å². The number of morpholine rings is 1. The Morgan fingerprint density at radius 1 is 1.03 bits per heavy atom. The van der Waals surface area contributed by atoms with Crippen LogP contribution in [-0.4, -0.2) is 84.0 Å². The van der Waals surface area contributed by atoms with Crippen molar-refractivity contribution in [1.29, 1.82) is 0 Å². The molecule has 5 heterocycles. The Morgan fingerprint density at radius 2 is 1.73 bits per heavy atom. The Labute approximate surface area is 217 Å². The molecule has 10 heteroatoms. The summed E-state index contributed by atoms with van der Waals surface area (Å²) in [7, 11) is 0. The Hall–Kier alpha value is -3.53. The number of anilines is 3. The molecule has 10 nitrogen and oxygen atoms in total. The van der Waals surface area contributed by atoms with Crippen molar-refractivity contribution in [3.8, 4) is 11.3 Å². The molecule has 0 bridgehead atoms. The molecule has 0 saturated carbocycles. The minimum atomic E-state index is 0.0117. The Balaban J connectivity index is 1.25. The van der Waals surface area contributed by atoms with Gasteiger partial charge in [0.15, 0.2) is 5.78 Å². The number of allylic oxidation sites excluding steroid dienone is 2. The number of rotatable bonds is 7. The van der Waals surface area contributed by atoms with Gasteiger partial charge in [0.25, 0.3) is 0 Å². The third-order valence-electron chi connectivity index (χ3n) is 7.63. The van der Waals surface area contributed by atoms with Crippen LogP contribution < -0.4 is 15.5 Å². The SMILES string of the molecule is C/C=C/C(=O)CCC(=O)N1CCC2(CC1)CN(c1cc(-c3cnc(N)nc3)nc(N3CCOCC3)c1)C2. The van der Waals surface area contributed by atoms with Crippen LogP contribution in [0.5, 0.6) is 0 Å². The molecule has 3 aliphatic heterocycles. The van der Waals surface area contributed by atoms with Gasteiger partial charge in [-0.05, 0) is 31.9 Å². The van der Waals surface area contributed by atoms with E-state index in [9.17, 15) is 9.59 Å². The second kappa shape index (κ2) is 10.8. The number of nitrogens with zero attached hydrogens (tertiary/aromatic N) is 6. The van der Waals surface area contributed by atoms with E-state index in [2.05, 4.69) is 31.9 Å². The van der Waals surface area contributed by atoms with Gasteiger partial charge in [0.05, 0.1) is 18.9 Å². The van der Waals surface area contributed by atoms with E-state index in [1.165, 1.54) is 6.08 Å². The fourth-order valence-electron chi connectivity index (χ4n) is 5.41. The van der Waals surface area contributed by atoms with Gasteiger partial charge in [-0.15, -0.1) is 0 Å². The first-order chi connectivity index (χ1) is 17.9. The molecule has 3 fully saturated rings. The van der Waals surface area contributed by atoms with Crippen LogP contribution in [0.2, 0.25) is 0 Å². The Kier molecular flexibility index (Phi) is 7.36. The molecule has 0 unspecified atom stereocenters. The lowest BCUT2D eigenvalue weighted by Crippen LogP contribution is -2.61. The van der Waals surface area contributed by atoms with Crippen LogP contribution in [0.25, 0.3) is 11.3 Å². The van der Waals surface area contributed by atoms with Crippen molar-refractivity contribution in [2.24, 2.45) is 5.41 Å². The van der Waals surface area contributed by atoms with Crippen LogP contribution in [0, 0.1) is 5.41 Å². The van der Waals surface area contributed by atoms with Crippen molar-refractivity contribution < 1.29 is 14.3 Å². The highest BCUT2D eigenvalue weighted by Crippen LogP contribution is 2.44. The standard InChI is InChI=1S/C27H35N7O3/c1-2-3-22(35)4-5-25(36)33-8-6-27(7-9-33)18-34(19-27)21-14-23(20-16-29-26(28)30-17-20)31-24(15-21)32-10-12-37-13-11-32/h2-3,14-17H,4-13,18-19H2,1H3,(H2,28,29,30)/b3-2+. The average molecular weight is 506 g/mol. The highest BCUT2D eigenvalue weighted by atomic mass is 16.5. The lowest BCUT2D eigenvalue weighted by molar-refractivity contribution is -0.135. The summed E-state index contributed by atoms with van der Waals surface area (Å²) in [5.41, 5.74) is 8.72. The van der Waals surface area contributed by atoms with Gasteiger partial charge in [-0.25, -0.2) is 15.0 Å². The summed E-state index contributed by atoms with van der Waals surface area (Å²) in [5, 5.41) is 0. The third kappa shape index (κ3) is 5.74. The van der Waals surface area contributed by atoms with Crippen LogP contribution >= 0.6 is 0 Å². The van der Waals surface area contributed by atoms with Gasteiger partial charge in [-0.2, -0.15) is 0 Å². The number of nitrogen functional groups attached to an aromatic ring is 1. The van der Waals surface area contributed by atoms with Gasteiger partial charge in [-0.1, -0.05) is 6.08 Å². The van der Waals surface area contributed by atoms with E-state index in [1.807, 2.05) is 11.8 Å². The van der Waals surface area contributed by atoms with E-state index >= 15 is 0 Å². The predicted molar refractivity (Wildman–Crippen MR) is 142 cm³/mol. The quantitative estimate of drug-likeness (QED) is 0.566. The lowest BCUT2D eigenvalue weighted by atomic mass is 9.71. The number of likely N-dealkylation sites (tertiary alicyclic amines) is 1. The smallest absolute Gasteiger partial charge is 0.223 e. The maximum Gasteiger partial charge on any atom is 0.223 e. The zero-order valence-corrected chi connectivity index (χ0v) is 21.4. The summed E-state index contributed by atoms with van der Waals surface area (Å²) in [6.07, 6.45) is 9.24. The number of ether oxygens (including phenoxy) is 1. The number of amides is 1. The molecule has 0 atom stereocenters. The van der Waals surface area contributed by atoms with Gasteiger partial charge in [-0.3, -0.25) is 9.59 Å². The highest BCUT2D eigenvalue weighted by molar-refractivity contribution is 5.92. The molecule has 0 radical (unpaired) electrons. The fourth-order valence-corrected chi connectivity index (χ4v) is 5.41. The van der Waals surface area contributed by atoms with Crippen LogP contribution in [0.4, 0.5) is 17.5 Å². The fraction of sp³-hybridized carbons (Fsp3) is 0.519. The number of piperidine rings is 1. The van der Waals surface area contributed by atoms with Crippen molar-refractivity contribution in [3.05, 3.63) is 36.7 Å². The molecule has 2 aromatic heterocycles. The number of hydrogen-bond acceptors (Lipinski definition) is 9. The van der Waals surface area contributed by atoms with Gasteiger partial charge in [0, 0.05) is 87.2 Å². The van der Waals surface area contributed by atoms with Gasteiger partial charge >= 0.3 is 0 Å². The van der Waals surface area contributed by atoms with Gasteiger partial charge in [0.1, 0.15) is 5.82 Å². The van der Waals surface area contributed by atoms with E-state index < -0.39 is 0 Å². The lowest BCUT2D eigenvalue weighted by Gasteiger charge is -2.55. The van der Waals surface area contributed by atoms with Crippen molar-refractivity contribution in [1.82, 2.24) is 19.9 Å². The summed E-state index contributed by atoms with van der Waals surface area (Å²) in [6, 6.07) is 4.27. The van der Waals surface area contributed by atoms with Crippen molar-refractivity contribution >= 4 is 29.1 Å². The second-order valence-electron chi connectivity index (χ2n) is 10.2. The highest BCUT2D eigenvalue weighted by Gasteiger charge is 2.45. The van der Waals surface area contributed by atoms with Crippen LogP contribution in [-0.2, 0) is 14.3 Å². The normalized spacial score (nSPS) is 19.3. The molecule has 3 saturated heterocycles. The van der Waals surface area contributed by atoms with E-state index in [4.69, 9.17) is 15.5 Å². The average Bonchev–Trinajstić information content (AvgIpc) is 2.91. The Bertz CT molecular complexity index is 1150. The first-order valence-corrected chi connectivity index (χ1v) is 13.1. The van der Waals surface area contributed by atoms with Gasteiger partial charge < -0.3 is 25.2 Å². The number of aromatic nitrogens is 3. The van der Waals surface area contributed by atoms with Crippen molar-refractivity contribution in [3.63, 3.8) is 0 Å². The molecule has 5 rings (SSSR count). The zero-order chi connectivity index (χ0) is 25.8. The van der Waals surface area contributed by atoms with Gasteiger partial charge in [0.2, 0.25) is 11.9 Å². The monoisotopic (exact) mass is 505 g/mol. The Morgan fingerprint density at radius 3 is 2.41 bits per heavy atom. The molecule has 1 spiro atoms. The summed E-state index contributed by atoms with van der Waals surface area (Å²) >= 11 is 0. The number of ketones is 1. The summed E-state index contributed by atoms with van der Waals surface area (Å²) in [5.74, 6) is 1.27. The first-order valence-electron chi connectivity index (χ1n) is 13.1. The van der Waals surface area contributed by atoms with E-state index in [-0.39, 0.29) is 29.5 Å². The largest absolute Gasteiger partial charge is 0.378 e. The molecule has 2 aromatic rings. The van der Waals surface area contributed by atoms with Crippen molar-refractivity contribution in [2.75, 3.05) is 68.0 Å². The molecule has 2 N–H and O–H groups in total. The second-order valence-corrected chi connectivity index (χ2v) is 10.2. The molecule has 0 aromatic carbocycles. The minimum Gasteiger partial charge on any atom is -0.378 e. The molecular formula is C27H35N7O3. The number of carbonyl (C=O) groups is 2. The maximum atomic E-state index is 12.6. The summed E-state index contributed by atoms with van der Waals surface area (Å²) in [4.78, 5) is 44.1. The van der Waals surface area contributed by atoms with E-state index in [1.54, 1.807) is 18.5 Å². The molecule has 196 valence electrons. The number of carbonyl (C=O) groups excluding carboxylic acids is 2. The number of hydrogen-bond donors (Lipinski definition) is 1. The van der Waals surface area contributed by atoms with E-state index in [0.717, 1.165) is 74.9 Å². The third-order valence-corrected chi connectivity index (χ3v) is 7.63. The predicted octanol–water partition coefficient (Wildman–Crippen LogP) is 2.31. The minimum absolute atomic E-state index is 0.0117. The molecule has 3 aliphatic rings. The molecular weight excluding hydrogens is 470 g/mol. The van der Waals surface area contributed by atoms with Crippen LogP contribution in [0.1, 0.15) is 32.6 Å². The van der Waals surface area contributed by atoms with Crippen LogP contribution in [0.3, 0.4) is 0 Å². The topological polar surface area (TPSA) is 118 Å². The molecule has 1 amide bonds. The maximum absolute atomic E-state index is 12.6. The van der Waals surface area contributed by atoms with E-state index in [0.29, 0.717) is 19.6 Å².